The average molecular weight is 954 g/mol. The number of hydrogen-bond acceptors (Lipinski definition) is 8. The summed E-state index contributed by atoms with van der Waals surface area (Å²) in [5.41, 5.74) is 19.1. The predicted molar refractivity (Wildman–Crippen MR) is 300 cm³/mol. The van der Waals surface area contributed by atoms with Crippen molar-refractivity contribution in [1.29, 1.82) is 10.5 Å². The number of fused-ring (bicyclic) bond motifs is 12. The molecule has 0 amide bonds. The molecular weight excluding hydrogens is 921 g/mol. The first kappa shape index (κ1) is 41.3. The highest BCUT2D eigenvalue weighted by Gasteiger charge is 2.50. The first-order chi connectivity index (χ1) is 37.0. The van der Waals surface area contributed by atoms with Gasteiger partial charge in [0.1, 0.15) is 34.5 Å². The van der Waals surface area contributed by atoms with Crippen molar-refractivity contribution in [3.63, 3.8) is 0 Å². The number of rotatable bonds is 3. The molecule has 0 spiro atoms. The highest BCUT2D eigenvalue weighted by Crippen LogP contribution is 2.49. The Labute approximate surface area is 432 Å². The van der Waals surface area contributed by atoms with Gasteiger partial charge in [-0.05, 0) is 135 Å². The molecule has 6 heterocycles. The first-order valence-corrected chi connectivity index (χ1v) is 24.9. The van der Waals surface area contributed by atoms with Crippen LogP contribution in [0.2, 0.25) is 0 Å². The van der Waals surface area contributed by atoms with E-state index in [1.807, 2.05) is 103 Å². The van der Waals surface area contributed by atoms with Gasteiger partial charge < -0.3 is 28.9 Å². The molecule has 10 aromatic carbocycles. The van der Waals surface area contributed by atoms with Crippen molar-refractivity contribution in [2.75, 3.05) is 14.7 Å². The van der Waals surface area contributed by atoms with Crippen molar-refractivity contribution < 1.29 is 14.2 Å². The van der Waals surface area contributed by atoms with Crippen LogP contribution in [0.15, 0.2) is 200 Å². The zero-order chi connectivity index (χ0) is 49.6. The van der Waals surface area contributed by atoms with Gasteiger partial charge in [-0.1, -0.05) is 103 Å². The molecule has 0 aromatic heterocycles. The average Bonchev–Trinajstić information content (AvgIpc) is 3.57. The van der Waals surface area contributed by atoms with Crippen LogP contribution >= 0.6 is 0 Å². The number of benzene rings is 10. The van der Waals surface area contributed by atoms with E-state index in [1.54, 1.807) is 0 Å². The molecule has 10 aromatic rings. The van der Waals surface area contributed by atoms with Crippen molar-refractivity contribution >= 4 is 126 Å². The number of hydrogen-bond donors (Lipinski definition) is 0. The predicted octanol–water partition coefficient (Wildman–Crippen LogP) is 9.20. The summed E-state index contributed by atoms with van der Waals surface area (Å²) in [5, 5.41) is 21.6. The summed E-state index contributed by atoms with van der Waals surface area (Å²) in [6.45, 7) is 7.16. The first-order valence-electron chi connectivity index (χ1n) is 24.9. The second-order valence-corrected chi connectivity index (χ2v) is 19.6. The summed E-state index contributed by atoms with van der Waals surface area (Å²) in [6.07, 6.45) is 0. The van der Waals surface area contributed by atoms with Gasteiger partial charge in [0.05, 0.1) is 29.8 Å². The van der Waals surface area contributed by atoms with E-state index in [2.05, 4.69) is 129 Å². The molecule has 12 heteroatoms. The van der Waals surface area contributed by atoms with Crippen molar-refractivity contribution in [1.82, 2.24) is 0 Å². The van der Waals surface area contributed by atoms with Crippen molar-refractivity contribution in [2.45, 2.75) is 0 Å². The summed E-state index contributed by atoms with van der Waals surface area (Å²) in [7, 11) is 0. The highest BCUT2D eigenvalue weighted by molar-refractivity contribution is 7.04. The van der Waals surface area contributed by atoms with Crippen LogP contribution < -0.4 is 78.1 Å². The molecule has 0 radical (unpaired) electrons. The normalized spacial score (nSPS) is 13.7. The lowest BCUT2D eigenvalue weighted by atomic mass is 9.29. The maximum atomic E-state index is 11.0. The molecule has 0 saturated heterocycles. The molecule has 0 aliphatic carbocycles. The molecular formula is C63H33B3N6O3. The highest BCUT2D eigenvalue weighted by atomic mass is 16.5. The summed E-state index contributed by atoms with van der Waals surface area (Å²) in [4.78, 5) is 10.7. The number of nitrogens with zero attached hydrogens (tertiary/aromatic N) is 6. The van der Waals surface area contributed by atoms with Gasteiger partial charge in [0.25, 0.3) is 20.1 Å². The van der Waals surface area contributed by atoms with Crippen molar-refractivity contribution in [3.8, 4) is 46.6 Å². The van der Waals surface area contributed by atoms with Crippen LogP contribution in [0.1, 0.15) is 11.1 Å². The van der Waals surface area contributed by atoms with Crippen LogP contribution in [0, 0.1) is 29.2 Å². The van der Waals surface area contributed by atoms with Crippen molar-refractivity contribution in [3.05, 3.63) is 223 Å². The van der Waals surface area contributed by atoms with Crippen LogP contribution in [-0.2, 0) is 0 Å². The number of anilines is 9. The molecule has 75 heavy (non-hydrogen) atoms. The van der Waals surface area contributed by atoms with E-state index in [-0.39, 0.29) is 20.1 Å². The Kier molecular flexibility index (Phi) is 8.45. The minimum atomic E-state index is -0.356. The summed E-state index contributed by atoms with van der Waals surface area (Å²) in [6, 6.07) is 73.5. The zero-order valence-electron chi connectivity index (χ0n) is 39.7. The third kappa shape index (κ3) is 5.72. The standard InChI is InChI=1S/C63H33B3N6O3/c1-69-39-29-59-63-60(30-39)75-57-34-51-47(32-48(57)65(63)44-22-12-14-24-56(44)74-59)66-46-31-45-49(71(41-17-7-3-8-18-41)54-27-38(36-68)28-58-62(54)64(45)43-21-11-13-23-55(43)73-58)33-50(46)70(40-15-5-2-6-16-40)52-25-37(35-67)26-53(61(52)66)72(51)42-19-9-4-10-20-42/h2-34H. The van der Waals surface area contributed by atoms with E-state index < -0.39 is 0 Å². The Morgan fingerprint density at radius 1 is 0.347 bits per heavy atom. The van der Waals surface area contributed by atoms with Gasteiger partial charge in [0, 0.05) is 62.7 Å². The zero-order valence-corrected chi connectivity index (χ0v) is 39.7. The largest absolute Gasteiger partial charge is 0.460 e. The Hall–Kier alpha value is -10.3. The fourth-order valence-corrected chi connectivity index (χ4v) is 12.9. The Morgan fingerprint density at radius 2 is 0.747 bits per heavy atom. The van der Waals surface area contributed by atoms with Gasteiger partial charge >= 0.3 is 0 Å². The molecule has 0 fully saturated rings. The minimum absolute atomic E-state index is 0.255. The maximum Gasteiger partial charge on any atom is 0.260 e. The lowest BCUT2D eigenvalue weighted by Gasteiger charge is -2.46. The Balaban J connectivity index is 1.04. The molecule has 0 N–H and O–H groups in total. The third-order valence-corrected chi connectivity index (χ3v) is 15.8. The summed E-state index contributed by atoms with van der Waals surface area (Å²) < 4.78 is 20.4. The van der Waals surface area contributed by atoms with Crippen LogP contribution in [-0.4, -0.2) is 20.1 Å². The van der Waals surface area contributed by atoms with E-state index in [4.69, 9.17) is 20.8 Å². The fraction of sp³-hybridized carbons (Fsp3) is 0. The molecule has 0 bridgehead atoms. The molecule has 6 aliphatic rings. The summed E-state index contributed by atoms with van der Waals surface area (Å²) >= 11 is 0. The molecule has 6 aliphatic heterocycles. The van der Waals surface area contributed by atoms with Crippen LogP contribution in [0.25, 0.3) is 4.85 Å². The smallest absolute Gasteiger partial charge is 0.260 e. The topological polar surface area (TPSA) is 89.4 Å². The maximum absolute atomic E-state index is 11.0. The van der Waals surface area contributed by atoms with Gasteiger partial charge in [0.15, 0.2) is 5.69 Å². The van der Waals surface area contributed by atoms with Gasteiger partial charge in [-0.2, -0.15) is 10.5 Å². The second-order valence-electron chi connectivity index (χ2n) is 19.6. The van der Waals surface area contributed by atoms with Crippen molar-refractivity contribution in [2.24, 2.45) is 0 Å². The van der Waals surface area contributed by atoms with E-state index in [0.717, 1.165) is 112 Å². The molecule has 9 nitrogen and oxygen atoms in total. The number of para-hydroxylation sites is 5. The van der Waals surface area contributed by atoms with Crippen LogP contribution in [0.3, 0.4) is 0 Å². The molecule has 0 atom stereocenters. The van der Waals surface area contributed by atoms with Gasteiger partial charge in [-0.25, -0.2) is 4.85 Å². The van der Waals surface area contributed by atoms with Crippen LogP contribution in [0.5, 0.6) is 34.5 Å². The van der Waals surface area contributed by atoms with E-state index in [0.29, 0.717) is 39.8 Å². The molecule has 0 unspecified atom stereocenters. The Morgan fingerprint density at radius 3 is 1.25 bits per heavy atom. The molecule has 0 saturated carbocycles. The van der Waals surface area contributed by atoms with Crippen LogP contribution in [0.4, 0.5) is 56.9 Å². The fourth-order valence-electron chi connectivity index (χ4n) is 12.9. The van der Waals surface area contributed by atoms with E-state index in [9.17, 15) is 10.5 Å². The lowest BCUT2D eigenvalue weighted by molar-refractivity contribution is 0.465. The number of nitriles is 2. The lowest BCUT2D eigenvalue weighted by Crippen LogP contribution is -2.65. The SMILES string of the molecule is [C-]#[N+]c1cc2c3c(c1)Oc1cc4c(cc1B3c1ccccc1O2)B1c2cc3c(cc2N(c2ccccc2)c2cc(C#N)cc(c21)N4c1ccccc1)N(c1ccccc1)c1cc(C#N)cc2c1B3c1ccccc1O2. The van der Waals surface area contributed by atoms with Gasteiger partial charge in [-0.15, -0.1) is 0 Å². The van der Waals surface area contributed by atoms with E-state index >= 15 is 0 Å². The third-order valence-electron chi connectivity index (χ3n) is 15.8. The number of ether oxygens (including phenoxy) is 3. The monoisotopic (exact) mass is 954 g/mol. The Bertz CT molecular complexity index is 4330. The molecule has 342 valence electrons. The quantitative estimate of drug-likeness (QED) is 0.128. The minimum Gasteiger partial charge on any atom is -0.460 e. The molecule has 16 rings (SSSR count). The van der Waals surface area contributed by atoms with Gasteiger partial charge in [0.2, 0.25) is 0 Å². The van der Waals surface area contributed by atoms with E-state index in [1.165, 1.54) is 0 Å². The second kappa shape index (κ2) is 15.3. The summed E-state index contributed by atoms with van der Waals surface area (Å²) in [5.74, 6) is 4.04. The van der Waals surface area contributed by atoms with Gasteiger partial charge in [-0.3, -0.25) is 0 Å².